The Balaban J connectivity index is 1.76. The topological polar surface area (TPSA) is 131 Å². The van der Waals surface area contributed by atoms with E-state index in [0.717, 1.165) is 11.8 Å². The highest BCUT2D eigenvalue weighted by Crippen LogP contribution is 2.30. The molecule has 3 N–H and O–H groups in total. The number of aryl methyl sites for hydroxylation is 1. The third-order valence-electron chi connectivity index (χ3n) is 4.56. The summed E-state index contributed by atoms with van der Waals surface area (Å²) in [7, 11) is -3.35. The van der Waals surface area contributed by atoms with Gasteiger partial charge < -0.3 is 20.7 Å². The molecule has 0 aliphatic carbocycles. The Morgan fingerprint density at radius 1 is 1.19 bits per heavy atom. The highest BCUT2D eigenvalue weighted by molar-refractivity contribution is 7.90. The van der Waals surface area contributed by atoms with Crippen molar-refractivity contribution < 1.29 is 27.5 Å². The number of ether oxygens (including phenoxy) is 1. The summed E-state index contributed by atoms with van der Waals surface area (Å²) >= 11 is 0. The van der Waals surface area contributed by atoms with Crippen molar-refractivity contribution in [1.82, 2.24) is 5.32 Å². The summed E-state index contributed by atoms with van der Waals surface area (Å²) in [5.41, 5.74) is 2.02. The number of rotatable bonds is 7. The number of carbonyl (C=O) groups excluding carboxylic acids is 3. The summed E-state index contributed by atoms with van der Waals surface area (Å²) in [5, 5.41) is 7.91. The zero-order valence-electron chi connectivity index (χ0n) is 17.1. The predicted octanol–water partition coefficient (Wildman–Crippen LogP) is 1.50. The van der Waals surface area contributed by atoms with Gasteiger partial charge in [-0.05, 0) is 43.7 Å². The molecule has 0 unspecified atom stereocenters. The van der Waals surface area contributed by atoms with Gasteiger partial charge in [0.1, 0.15) is 21.6 Å². The minimum Gasteiger partial charge on any atom is -0.482 e. The van der Waals surface area contributed by atoms with Gasteiger partial charge in [-0.1, -0.05) is 17.7 Å². The van der Waals surface area contributed by atoms with Gasteiger partial charge in [0, 0.05) is 17.5 Å². The Morgan fingerprint density at radius 2 is 1.97 bits per heavy atom. The molecule has 0 bridgehead atoms. The van der Waals surface area contributed by atoms with E-state index in [2.05, 4.69) is 16.0 Å². The molecule has 1 aliphatic rings. The maximum Gasteiger partial charge on any atom is 0.262 e. The monoisotopic (exact) mass is 445 g/mol. The number of hydrogen-bond acceptors (Lipinski definition) is 6. The Morgan fingerprint density at radius 3 is 2.68 bits per heavy atom. The van der Waals surface area contributed by atoms with Gasteiger partial charge in [0.15, 0.2) is 6.61 Å². The molecular weight excluding hydrogens is 422 g/mol. The molecule has 0 spiro atoms. The third kappa shape index (κ3) is 6.29. The van der Waals surface area contributed by atoms with Crippen LogP contribution in [0.3, 0.4) is 0 Å². The highest BCUT2D eigenvalue weighted by Gasteiger charge is 2.24. The SMILES string of the molecule is Cc1cccc(C(=O)N[C@@H](CCS(C)(=O)=O)C(=O)Nc2ccc3c(c2)NC(=O)CO3)c1. The minimum atomic E-state index is -3.35. The van der Waals surface area contributed by atoms with E-state index in [9.17, 15) is 22.8 Å². The van der Waals surface area contributed by atoms with E-state index in [1.807, 2.05) is 13.0 Å². The fraction of sp³-hybridized carbons (Fsp3) is 0.286. The summed E-state index contributed by atoms with van der Waals surface area (Å²) in [6, 6.07) is 10.5. The van der Waals surface area contributed by atoms with E-state index in [1.165, 1.54) is 6.07 Å². The molecule has 1 heterocycles. The molecule has 3 amide bonds. The normalized spacial score (nSPS) is 13.9. The molecule has 0 saturated carbocycles. The second kappa shape index (κ2) is 9.17. The number of anilines is 2. The molecule has 0 radical (unpaired) electrons. The summed E-state index contributed by atoms with van der Waals surface area (Å²) in [5.74, 6) is -1.17. The Kier molecular flexibility index (Phi) is 6.59. The number of benzene rings is 2. The zero-order chi connectivity index (χ0) is 22.6. The maximum absolute atomic E-state index is 12.9. The van der Waals surface area contributed by atoms with Gasteiger partial charge in [0.25, 0.3) is 11.8 Å². The summed E-state index contributed by atoms with van der Waals surface area (Å²) in [4.78, 5) is 37.0. The predicted molar refractivity (Wildman–Crippen MR) is 116 cm³/mol. The van der Waals surface area contributed by atoms with Crippen LogP contribution in [0.25, 0.3) is 0 Å². The van der Waals surface area contributed by atoms with Gasteiger partial charge in [-0.15, -0.1) is 0 Å². The largest absolute Gasteiger partial charge is 0.482 e. The lowest BCUT2D eigenvalue weighted by molar-refractivity contribution is -0.119. The molecule has 10 heteroatoms. The second-order valence-corrected chi connectivity index (χ2v) is 9.61. The van der Waals surface area contributed by atoms with Gasteiger partial charge in [-0.25, -0.2) is 8.42 Å². The molecule has 1 atom stereocenters. The zero-order valence-corrected chi connectivity index (χ0v) is 17.9. The number of amides is 3. The molecule has 0 saturated heterocycles. The van der Waals surface area contributed by atoms with Gasteiger partial charge in [0.05, 0.1) is 11.4 Å². The van der Waals surface area contributed by atoms with Crippen molar-refractivity contribution in [3.63, 3.8) is 0 Å². The first-order valence-corrected chi connectivity index (χ1v) is 11.6. The Hall–Kier alpha value is -3.40. The Bertz CT molecular complexity index is 1130. The summed E-state index contributed by atoms with van der Waals surface area (Å²) in [6.45, 7) is 1.75. The molecule has 2 aromatic carbocycles. The van der Waals surface area contributed by atoms with Crippen LogP contribution in [0.1, 0.15) is 22.3 Å². The van der Waals surface area contributed by atoms with Crippen LogP contribution in [0.15, 0.2) is 42.5 Å². The first kappa shape index (κ1) is 22.3. The van der Waals surface area contributed by atoms with Crippen molar-refractivity contribution in [3.05, 3.63) is 53.6 Å². The molecule has 3 rings (SSSR count). The highest BCUT2D eigenvalue weighted by atomic mass is 32.2. The summed E-state index contributed by atoms with van der Waals surface area (Å²) < 4.78 is 28.5. The molecular formula is C21H23N3O6S. The third-order valence-corrected chi connectivity index (χ3v) is 5.54. The molecule has 31 heavy (non-hydrogen) atoms. The van der Waals surface area contributed by atoms with Gasteiger partial charge in [0.2, 0.25) is 5.91 Å². The molecule has 9 nitrogen and oxygen atoms in total. The quantitative estimate of drug-likeness (QED) is 0.592. The van der Waals surface area contributed by atoms with E-state index in [0.29, 0.717) is 22.7 Å². The lowest BCUT2D eigenvalue weighted by Crippen LogP contribution is -2.44. The average molecular weight is 445 g/mol. The standard InChI is InChI=1S/C21H23N3O6S/c1-13-4-3-5-14(10-13)20(26)24-16(8-9-31(2,28)29)21(27)22-15-6-7-18-17(11-15)23-19(25)12-30-18/h3-7,10-11,16H,8-9,12H2,1-2H3,(H,22,27)(H,23,25)(H,24,26)/t16-/m0/s1. The molecule has 0 aromatic heterocycles. The van der Waals surface area contributed by atoms with Crippen molar-refractivity contribution in [3.8, 4) is 5.75 Å². The fourth-order valence-electron chi connectivity index (χ4n) is 3.02. The van der Waals surface area contributed by atoms with E-state index >= 15 is 0 Å². The first-order chi connectivity index (χ1) is 14.6. The van der Waals surface area contributed by atoms with E-state index in [4.69, 9.17) is 4.74 Å². The fourth-order valence-corrected chi connectivity index (χ4v) is 3.68. The van der Waals surface area contributed by atoms with Crippen molar-refractivity contribution in [2.24, 2.45) is 0 Å². The molecule has 0 fully saturated rings. The van der Waals surface area contributed by atoms with Crippen LogP contribution in [0.4, 0.5) is 11.4 Å². The number of sulfone groups is 1. The van der Waals surface area contributed by atoms with Crippen LogP contribution < -0.4 is 20.7 Å². The van der Waals surface area contributed by atoms with Crippen LogP contribution in [0.2, 0.25) is 0 Å². The maximum atomic E-state index is 12.9. The van der Waals surface area contributed by atoms with Crippen LogP contribution in [-0.2, 0) is 19.4 Å². The van der Waals surface area contributed by atoms with Gasteiger partial charge in [-0.2, -0.15) is 0 Å². The van der Waals surface area contributed by atoms with E-state index in [1.54, 1.807) is 30.3 Å². The van der Waals surface area contributed by atoms with Crippen molar-refractivity contribution >= 4 is 38.9 Å². The van der Waals surface area contributed by atoms with Crippen LogP contribution in [0.5, 0.6) is 5.75 Å². The van der Waals surface area contributed by atoms with Crippen LogP contribution >= 0.6 is 0 Å². The smallest absolute Gasteiger partial charge is 0.262 e. The van der Waals surface area contributed by atoms with Crippen molar-refractivity contribution in [2.75, 3.05) is 29.2 Å². The van der Waals surface area contributed by atoms with Gasteiger partial charge in [-0.3, -0.25) is 14.4 Å². The molecule has 2 aromatic rings. The lowest BCUT2D eigenvalue weighted by Gasteiger charge is -2.21. The molecule has 1 aliphatic heterocycles. The number of fused-ring (bicyclic) bond motifs is 1. The first-order valence-electron chi connectivity index (χ1n) is 9.53. The summed E-state index contributed by atoms with van der Waals surface area (Å²) in [6.07, 6.45) is 0.976. The van der Waals surface area contributed by atoms with Crippen LogP contribution in [-0.4, -0.2) is 50.8 Å². The molecule has 164 valence electrons. The second-order valence-electron chi connectivity index (χ2n) is 7.35. The van der Waals surface area contributed by atoms with Gasteiger partial charge >= 0.3 is 0 Å². The lowest BCUT2D eigenvalue weighted by atomic mass is 10.1. The van der Waals surface area contributed by atoms with E-state index in [-0.39, 0.29) is 24.7 Å². The van der Waals surface area contributed by atoms with Crippen molar-refractivity contribution in [2.45, 2.75) is 19.4 Å². The van der Waals surface area contributed by atoms with Crippen LogP contribution in [0, 0.1) is 6.92 Å². The number of carbonyl (C=O) groups is 3. The minimum absolute atomic E-state index is 0.0860. The average Bonchev–Trinajstić information content (AvgIpc) is 2.69. The van der Waals surface area contributed by atoms with E-state index < -0.39 is 27.7 Å². The number of nitrogens with one attached hydrogen (secondary N) is 3. The Labute approximate surface area is 180 Å². The number of hydrogen-bond donors (Lipinski definition) is 3. The van der Waals surface area contributed by atoms with Crippen molar-refractivity contribution in [1.29, 1.82) is 0 Å².